The van der Waals surface area contributed by atoms with E-state index in [9.17, 15) is 14.4 Å². The van der Waals surface area contributed by atoms with E-state index in [0.29, 0.717) is 18.1 Å². The van der Waals surface area contributed by atoms with Gasteiger partial charge in [-0.1, -0.05) is 18.7 Å². The Kier molecular flexibility index (Phi) is 5.41. The van der Waals surface area contributed by atoms with Crippen molar-refractivity contribution in [2.24, 2.45) is 0 Å². The fourth-order valence-corrected chi connectivity index (χ4v) is 3.39. The molecule has 2 aliphatic rings. The molecule has 4 amide bonds. The van der Waals surface area contributed by atoms with Crippen molar-refractivity contribution in [2.75, 3.05) is 12.4 Å². The fraction of sp³-hybridized carbons (Fsp3) is 0.714. The normalized spacial score (nSPS) is 25.6. The third-order valence-corrected chi connectivity index (χ3v) is 5.39. The Labute approximate surface area is 154 Å². The first-order valence-electron chi connectivity index (χ1n) is 8.39. The molecule has 2 atom stereocenters. The first-order valence-corrected chi connectivity index (χ1v) is 9.38. The van der Waals surface area contributed by atoms with Gasteiger partial charge in [-0.2, -0.15) is 5.01 Å². The van der Waals surface area contributed by atoms with Crippen LogP contribution in [0.15, 0.2) is 5.16 Å². The van der Waals surface area contributed by atoms with Crippen LogP contribution in [0.1, 0.15) is 33.1 Å². The number of tetrazole rings is 1. The SMILES string of the molecule is CCC1(C)NC(=O)N(NC(=O)CSc2nnnn2CC2CCCO2)C1=O. The molecule has 2 aliphatic heterocycles. The Bertz CT molecular complexity index is 705. The summed E-state index contributed by atoms with van der Waals surface area (Å²) in [5.41, 5.74) is 1.34. The molecule has 142 valence electrons. The minimum absolute atomic E-state index is 0.0359. The lowest BCUT2D eigenvalue weighted by Crippen LogP contribution is -2.49. The van der Waals surface area contributed by atoms with Crippen LogP contribution in [0.2, 0.25) is 0 Å². The average molecular weight is 383 g/mol. The molecule has 0 saturated carbocycles. The number of thioether (sulfide) groups is 1. The topological polar surface area (TPSA) is 131 Å². The number of aromatic nitrogens is 4. The van der Waals surface area contributed by atoms with Crippen molar-refractivity contribution >= 4 is 29.6 Å². The van der Waals surface area contributed by atoms with Crippen LogP contribution in [-0.2, 0) is 20.9 Å². The average Bonchev–Trinajstić information content (AvgIpc) is 3.32. The largest absolute Gasteiger partial charge is 0.376 e. The molecule has 0 bridgehead atoms. The Morgan fingerprint density at radius 2 is 2.31 bits per heavy atom. The molecule has 0 radical (unpaired) electrons. The van der Waals surface area contributed by atoms with Gasteiger partial charge in [0.25, 0.3) is 5.91 Å². The van der Waals surface area contributed by atoms with Gasteiger partial charge in [0.15, 0.2) is 0 Å². The molecular weight excluding hydrogens is 362 g/mol. The van der Waals surface area contributed by atoms with Crippen LogP contribution in [0.25, 0.3) is 0 Å². The van der Waals surface area contributed by atoms with Crippen molar-refractivity contribution in [1.29, 1.82) is 0 Å². The fourth-order valence-electron chi connectivity index (χ4n) is 2.71. The first-order chi connectivity index (χ1) is 12.4. The number of hydrogen-bond donors (Lipinski definition) is 2. The van der Waals surface area contributed by atoms with Crippen molar-refractivity contribution in [3.63, 3.8) is 0 Å². The summed E-state index contributed by atoms with van der Waals surface area (Å²) in [4.78, 5) is 36.3. The zero-order chi connectivity index (χ0) is 18.7. The second kappa shape index (κ2) is 7.58. The summed E-state index contributed by atoms with van der Waals surface area (Å²) in [5, 5.41) is 15.2. The van der Waals surface area contributed by atoms with Crippen molar-refractivity contribution < 1.29 is 19.1 Å². The maximum Gasteiger partial charge on any atom is 0.344 e. The number of carbonyl (C=O) groups excluding carboxylic acids is 3. The summed E-state index contributed by atoms with van der Waals surface area (Å²) in [6, 6.07) is -0.638. The summed E-state index contributed by atoms with van der Waals surface area (Å²) in [7, 11) is 0. The van der Waals surface area contributed by atoms with Crippen molar-refractivity contribution in [1.82, 2.24) is 36.0 Å². The molecule has 11 nitrogen and oxygen atoms in total. The Morgan fingerprint density at radius 3 is 2.96 bits per heavy atom. The second-order valence-corrected chi connectivity index (χ2v) is 7.30. The number of nitrogens with zero attached hydrogens (tertiary/aromatic N) is 5. The predicted molar refractivity (Wildman–Crippen MR) is 89.7 cm³/mol. The molecule has 1 aromatic rings. The van der Waals surface area contributed by atoms with Gasteiger partial charge < -0.3 is 10.1 Å². The van der Waals surface area contributed by atoms with Gasteiger partial charge in [0.2, 0.25) is 11.1 Å². The minimum Gasteiger partial charge on any atom is -0.376 e. The monoisotopic (exact) mass is 383 g/mol. The first kappa shape index (κ1) is 18.6. The van der Waals surface area contributed by atoms with E-state index >= 15 is 0 Å². The van der Waals surface area contributed by atoms with Gasteiger partial charge in [-0.05, 0) is 36.6 Å². The molecule has 12 heteroatoms. The highest BCUT2D eigenvalue weighted by molar-refractivity contribution is 7.99. The van der Waals surface area contributed by atoms with Crippen LogP contribution in [-0.4, -0.2) is 67.1 Å². The van der Waals surface area contributed by atoms with E-state index in [1.165, 1.54) is 0 Å². The van der Waals surface area contributed by atoms with Crippen molar-refractivity contribution in [3.8, 4) is 0 Å². The number of hydrazine groups is 1. The Balaban J connectivity index is 1.53. The summed E-state index contributed by atoms with van der Waals surface area (Å²) in [6.45, 7) is 4.67. The van der Waals surface area contributed by atoms with Gasteiger partial charge in [-0.25, -0.2) is 9.48 Å². The number of imide groups is 1. The maximum atomic E-state index is 12.3. The lowest BCUT2D eigenvalue weighted by Gasteiger charge is -2.19. The summed E-state index contributed by atoms with van der Waals surface area (Å²) in [5.74, 6) is -1.01. The number of nitrogens with one attached hydrogen (secondary N) is 2. The Morgan fingerprint density at radius 1 is 1.50 bits per heavy atom. The van der Waals surface area contributed by atoms with Gasteiger partial charge in [0.05, 0.1) is 18.4 Å². The van der Waals surface area contributed by atoms with E-state index in [1.807, 2.05) is 0 Å². The maximum absolute atomic E-state index is 12.3. The molecule has 0 aromatic carbocycles. The van der Waals surface area contributed by atoms with Crippen LogP contribution in [0.4, 0.5) is 4.79 Å². The predicted octanol–water partition coefficient (Wildman–Crippen LogP) is -0.304. The highest BCUT2D eigenvalue weighted by Gasteiger charge is 2.47. The smallest absolute Gasteiger partial charge is 0.344 e. The number of ether oxygens (including phenoxy) is 1. The van der Waals surface area contributed by atoms with Crippen LogP contribution < -0.4 is 10.7 Å². The molecule has 26 heavy (non-hydrogen) atoms. The molecule has 1 aromatic heterocycles. The lowest BCUT2D eigenvalue weighted by molar-refractivity contribution is -0.137. The number of amides is 4. The van der Waals surface area contributed by atoms with Gasteiger partial charge in [-0.3, -0.25) is 15.0 Å². The molecular formula is C14H21N7O4S. The zero-order valence-electron chi connectivity index (χ0n) is 14.6. The number of carbonyl (C=O) groups is 3. The highest BCUT2D eigenvalue weighted by atomic mass is 32.2. The van der Waals surface area contributed by atoms with Gasteiger partial charge in [0.1, 0.15) is 5.54 Å². The third-order valence-electron chi connectivity index (χ3n) is 4.44. The molecule has 2 unspecified atom stereocenters. The zero-order valence-corrected chi connectivity index (χ0v) is 15.4. The van der Waals surface area contributed by atoms with Crippen molar-refractivity contribution in [2.45, 2.75) is 56.5 Å². The minimum atomic E-state index is -0.997. The highest BCUT2D eigenvalue weighted by Crippen LogP contribution is 2.20. The van der Waals surface area contributed by atoms with Crippen molar-refractivity contribution in [3.05, 3.63) is 0 Å². The number of hydrogen-bond acceptors (Lipinski definition) is 8. The van der Waals surface area contributed by atoms with E-state index in [0.717, 1.165) is 36.2 Å². The molecule has 2 saturated heterocycles. The quantitative estimate of drug-likeness (QED) is 0.484. The number of urea groups is 1. The van der Waals surface area contributed by atoms with E-state index in [2.05, 4.69) is 26.3 Å². The van der Waals surface area contributed by atoms with Crippen LogP contribution in [0, 0.1) is 0 Å². The van der Waals surface area contributed by atoms with Gasteiger partial charge in [0, 0.05) is 6.61 Å². The standard InChI is InChI=1S/C14H21N7O4S/c1-3-14(2)11(23)21(12(24)15-14)17-10(22)8-26-13-16-18-19-20(13)7-9-5-4-6-25-9/h9H,3-8H2,1-2H3,(H,15,24)(H,17,22). The number of rotatable bonds is 7. The molecule has 3 rings (SSSR count). The molecule has 3 heterocycles. The van der Waals surface area contributed by atoms with Crippen LogP contribution in [0.5, 0.6) is 0 Å². The molecule has 0 aliphatic carbocycles. The van der Waals surface area contributed by atoms with E-state index in [1.54, 1.807) is 18.5 Å². The molecule has 2 fully saturated rings. The van der Waals surface area contributed by atoms with Crippen LogP contribution in [0.3, 0.4) is 0 Å². The van der Waals surface area contributed by atoms with Gasteiger partial charge >= 0.3 is 6.03 Å². The lowest BCUT2D eigenvalue weighted by atomic mass is 10.00. The van der Waals surface area contributed by atoms with Crippen LogP contribution >= 0.6 is 11.8 Å². The van der Waals surface area contributed by atoms with Gasteiger partial charge in [-0.15, -0.1) is 5.10 Å². The summed E-state index contributed by atoms with van der Waals surface area (Å²) in [6.07, 6.45) is 2.47. The van der Waals surface area contributed by atoms with E-state index in [-0.39, 0.29) is 11.9 Å². The van der Waals surface area contributed by atoms with E-state index < -0.39 is 23.4 Å². The molecule has 0 spiro atoms. The Hall–Kier alpha value is -2.21. The summed E-state index contributed by atoms with van der Waals surface area (Å²) < 4.78 is 7.15. The summed E-state index contributed by atoms with van der Waals surface area (Å²) >= 11 is 1.13. The second-order valence-electron chi connectivity index (χ2n) is 6.36. The third kappa shape index (κ3) is 3.80. The molecule has 2 N–H and O–H groups in total. The van der Waals surface area contributed by atoms with E-state index in [4.69, 9.17) is 4.74 Å².